The first-order valence-electron chi connectivity index (χ1n) is 7.10. The van der Waals surface area contributed by atoms with Crippen molar-refractivity contribution in [2.24, 2.45) is 0 Å². The molecule has 1 heterocycles. The number of hydrogen-bond donors (Lipinski definition) is 3. The van der Waals surface area contributed by atoms with E-state index in [2.05, 4.69) is 20.8 Å². The lowest BCUT2D eigenvalue weighted by atomic mass is 10.1. The van der Waals surface area contributed by atoms with E-state index in [0.717, 1.165) is 28.2 Å². The Kier molecular flexibility index (Phi) is 4.62. The molecule has 0 saturated heterocycles. The lowest BCUT2D eigenvalue weighted by Gasteiger charge is -2.15. The lowest BCUT2D eigenvalue weighted by Crippen LogP contribution is -2.37. The van der Waals surface area contributed by atoms with Crippen LogP contribution in [0.2, 0.25) is 0 Å². The fourth-order valence-electron chi connectivity index (χ4n) is 2.21. The van der Waals surface area contributed by atoms with Crippen LogP contribution in [0.3, 0.4) is 0 Å². The Hall–Kier alpha value is -2.30. The number of amides is 2. The number of rotatable bonds is 4. The van der Waals surface area contributed by atoms with Crippen molar-refractivity contribution >= 4 is 11.7 Å². The van der Waals surface area contributed by atoms with E-state index in [9.17, 15) is 4.79 Å². The van der Waals surface area contributed by atoms with Crippen molar-refractivity contribution in [3.63, 3.8) is 0 Å². The molecule has 0 spiro atoms. The fourth-order valence-corrected chi connectivity index (χ4v) is 2.21. The monoisotopic (exact) mass is 286 g/mol. The summed E-state index contributed by atoms with van der Waals surface area (Å²) in [6, 6.07) is 7.68. The minimum atomic E-state index is -0.191. The Morgan fingerprint density at radius 2 is 2.10 bits per heavy atom. The zero-order valence-corrected chi connectivity index (χ0v) is 12.9. The summed E-state index contributed by atoms with van der Waals surface area (Å²) in [6.45, 7) is 7.95. The average Bonchev–Trinajstić information content (AvgIpc) is 2.80. The third kappa shape index (κ3) is 4.08. The Morgan fingerprint density at radius 3 is 2.76 bits per heavy atom. The van der Waals surface area contributed by atoms with Crippen LogP contribution in [0.25, 0.3) is 0 Å². The van der Waals surface area contributed by atoms with E-state index in [-0.39, 0.29) is 12.1 Å². The quantitative estimate of drug-likeness (QED) is 0.808. The Balaban J connectivity index is 1.90. The van der Waals surface area contributed by atoms with E-state index in [1.807, 2.05) is 52.0 Å². The molecular weight excluding hydrogens is 264 g/mol. The smallest absolute Gasteiger partial charge is 0.319 e. The molecule has 1 aromatic carbocycles. The fraction of sp³-hybridized carbons (Fsp3) is 0.375. The molecule has 0 aliphatic rings. The van der Waals surface area contributed by atoms with E-state index < -0.39 is 0 Å². The van der Waals surface area contributed by atoms with Gasteiger partial charge in [0, 0.05) is 23.8 Å². The van der Waals surface area contributed by atoms with Crippen LogP contribution in [0.5, 0.6) is 0 Å². The SMILES string of the molecule is Cc1cc(C[C@H](C)NC(=O)Nc2cccc(C)c2C)n[nH]1. The standard InChI is InChI=1S/C16H22N4O/c1-10-6-5-7-15(13(10)4)18-16(21)17-11(2)8-14-9-12(3)19-20-14/h5-7,9,11H,8H2,1-4H3,(H,19,20)(H2,17,18,21)/t11-/m0/s1. The van der Waals surface area contributed by atoms with Crippen molar-refractivity contribution in [1.82, 2.24) is 15.5 Å². The molecule has 0 radical (unpaired) electrons. The van der Waals surface area contributed by atoms with Crippen LogP contribution in [0, 0.1) is 20.8 Å². The van der Waals surface area contributed by atoms with Gasteiger partial charge in [-0.25, -0.2) is 4.79 Å². The van der Waals surface area contributed by atoms with Crippen molar-refractivity contribution < 1.29 is 4.79 Å². The summed E-state index contributed by atoms with van der Waals surface area (Å²) in [7, 11) is 0. The molecular formula is C16H22N4O. The molecule has 1 atom stereocenters. The summed E-state index contributed by atoms with van der Waals surface area (Å²) in [6.07, 6.45) is 0.699. The zero-order chi connectivity index (χ0) is 15.4. The predicted octanol–water partition coefficient (Wildman–Crippen LogP) is 3.09. The highest BCUT2D eigenvalue weighted by Crippen LogP contribution is 2.17. The molecule has 2 aromatic rings. The lowest BCUT2D eigenvalue weighted by molar-refractivity contribution is 0.249. The van der Waals surface area contributed by atoms with Gasteiger partial charge < -0.3 is 10.6 Å². The number of nitrogens with one attached hydrogen (secondary N) is 3. The highest BCUT2D eigenvalue weighted by molar-refractivity contribution is 5.90. The van der Waals surface area contributed by atoms with Crippen molar-refractivity contribution in [3.05, 3.63) is 46.8 Å². The van der Waals surface area contributed by atoms with Gasteiger partial charge in [-0.1, -0.05) is 12.1 Å². The molecule has 0 fully saturated rings. The molecule has 0 unspecified atom stereocenters. The van der Waals surface area contributed by atoms with Gasteiger partial charge in [0.05, 0.1) is 5.69 Å². The summed E-state index contributed by atoms with van der Waals surface area (Å²) >= 11 is 0. The molecule has 5 heteroatoms. The molecule has 112 valence electrons. The van der Waals surface area contributed by atoms with Gasteiger partial charge in [-0.3, -0.25) is 5.10 Å². The van der Waals surface area contributed by atoms with Gasteiger partial charge in [0.2, 0.25) is 0 Å². The second-order valence-electron chi connectivity index (χ2n) is 5.49. The molecule has 0 bridgehead atoms. The number of carbonyl (C=O) groups is 1. The minimum absolute atomic E-state index is 0.0119. The normalized spacial score (nSPS) is 12.0. The molecule has 2 amide bonds. The number of hydrogen-bond acceptors (Lipinski definition) is 2. The van der Waals surface area contributed by atoms with Crippen LogP contribution in [-0.2, 0) is 6.42 Å². The van der Waals surface area contributed by atoms with Gasteiger partial charge in [0.1, 0.15) is 0 Å². The van der Waals surface area contributed by atoms with Crippen molar-refractivity contribution in [3.8, 4) is 0 Å². The first-order valence-corrected chi connectivity index (χ1v) is 7.10. The van der Waals surface area contributed by atoms with E-state index >= 15 is 0 Å². The van der Waals surface area contributed by atoms with Crippen molar-refractivity contribution in [1.29, 1.82) is 0 Å². The molecule has 2 rings (SSSR count). The van der Waals surface area contributed by atoms with Gasteiger partial charge in [0.15, 0.2) is 0 Å². The number of H-pyrrole nitrogens is 1. The second-order valence-corrected chi connectivity index (χ2v) is 5.49. The molecule has 0 saturated carbocycles. The summed E-state index contributed by atoms with van der Waals surface area (Å²) in [4.78, 5) is 12.0. The highest BCUT2D eigenvalue weighted by atomic mass is 16.2. The number of nitrogens with zero attached hydrogens (tertiary/aromatic N) is 1. The molecule has 21 heavy (non-hydrogen) atoms. The molecule has 5 nitrogen and oxygen atoms in total. The van der Waals surface area contributed by atoms with Crippen molar-refractivity contribution in [2.75, 3.05) is 5.32 Å². The third-order valence-corrected chi connectivity index (χ3v) is 3.50. The topological polar surface area (TPSA) is 69.8 Å². The van der Waals surface area contributed by atoms with Gasteiger partial charge in [-0.15, -0.1) is 0 Å². The molecule has 1 aromatic heterocycles. The van der Waals surface area contributed by atoms with Crippen LogP contribution in [0.1, 0.15) is 29.4 Å². The Bertz CT molecular complexity index is 633. The number of aromatic amines is 1. The molecule has 3 N–H and O–H groups in total. The number of anilines is 1. The Labute approximate surface area is 125 Å². The largest absolute Gasteiger partial charge is 0.335 e. The number of carbonyl (C=O) groups excluding carboxylic acids is 1. The Morgan fingerprint density at radius 1 is 1.33 bits per heavy atom. The average molecular weight is 286 g/mol. The van der Waals surface area contributed by atoms with Crippen LogP contribution in [-0.4, -0.2) is 22.3 Å². The van der Waals surface area contributed by atoms with Gasteiger partial charge in [-0.05, 0) is 51.0 Å². The summed E-state index contributed by atoms with van der Waals surface area (Å²) in [5.74, 6) is 0. The van der Waals surface area contributed by atoms with Crippen LogP contribution in [0.4, 0.5) is 10.5 Å². The second kappa shape index (κ2) is 6.43. The number of aromatic nitrogens is 2. The predicted molar refractivity (Wildman–Crippen MR) is 84.6 cm³/mol. The van der Waals surface area contributed by atoms with E-state index in [0.29, 0.717) is 6.42 Å². The first-order chi connectivity index (χ1) is 9.95. The highest BCUT2D eigenvalue weighted by Gasteiger charge is 2.11. The van der Waals surface area contributed by atoms with E-state index in [1.165, 1.54) is 0 Å². The van der Waals surface area contributed by atoms with E-state index in [1.54, 1.807) is 0 Å². The van der Waals surface area contributed by atoms with Crippen molar-refractivity contribution in [2.45, 2.75) is 40.2 Å². The summed E-state index contributed by atoms with van der Waals surface area (Å²) in [5, 5.41) is 12.9. The number of aryl methyl sites for hydroxylation is 2. The maximum absolute atomic E-state index is 12.0. The van der Waals surface area contributed by atoms with Crippen LogP contribution < -0.4 is 10.6 Å². The van der Waals surface area contributed by atoms with Gasteiger partial charge in [-0.2, -0.15) is 5.10 Å². The zero-order valence-electron chi connectivity index (χ0n) is 12.9. The number of urea groups is 1. The van der Waals surface area contributed by atoms with Gasteiger partial charge >= 0.3 is 6.03 Å². The van der Waals surface area contributed by atoms with Crippen LogP contribution >= 0.6 is 0 Å². The molecule has 0 aliphatic carbocycles. The van der Waals surface area contributed by atoms with Gasteiger partial charge in [0.25, 0.3) is 0 Å². The minimum Gasteiger partial charge on any atom is -0.335 e. The maximum atomic E-state index is 12.0. The molecule has 0 aliphatic heterocycles. The van der Waals surface area contributed by atoms with Crippen LogP contribution in [0.15, 0.2) is 24.3 Å². The third-order valence-electron chi connectivity index (χ3n) is 3.50. The number of benzene rings is 1. The summed E-state index contributed by atoms with van der Waals surface area (Å²) in [5.41, 5.74) is 5.07. The summed E-state index contributed by atoms with van der Waals surface area (Å²) < 4.78 is 0. The maximum Gasteiger partial charge on any atom is 0.319 e. The van der Waals surface area contributed by atoms with E-state index in [4.69, 9.17) is 0 Å². The first kappa shape index (κ1) is 15.1.